The molecule has 0 spiro atoms. The van der Waals surface area contributed by atoms with Crippen molar-refractivity contribution >= 4 is 97.2 Å². The van der Waals surface area contributed by atoms with Gasteiger partial charge in [0.15, 0.2) is 0 Å². The summed E-state index contributed by atoms with van der Waals surface area (Å²) in [5.41, 5.74) is 8.60. The van der Waals surface area contributed by atoms with Crippen LogP contribution in [0.4, 0.5) is 0 Å². The van der Waals surface area contributed by atoms with Crippen molar-refractivity contribution < 1.29 is 0 Å². The average molecular weight is 668 g/mol. The second kappa shape index (κ2) is 9.88. The lowest BCUT2D eigenvalue weighted by Gasteiger charge is -2.14. The van der Waals surface area contributed by atoms with E-state index < -0.39 is 0 Å². The summed E-state index contributed by atoms with van der Waals surface area (Å²) in [4.78, 5) is 0. The topological polar surface area (TPSA) is 4.93 Å². The molecule has 1 aromatic heterocycles. The van der Waals surface area contributed by atoms with Crippen molar-refractivity contribution in [1.29, 1.82) is 0 Å². The molecule has 0 saturated heterocycles. The molecule has 0 atom stereocenters. The van der Waals surface area contributed by atoms with Gasteiger partial charge in [0.05, 0.1) is 11.0 Å². The summed E-state index contributed by atoms with van der Waals surface area (Å²) in [5, 5.41) is 21.0. The second-order valence-electron chi connectivity index (χ2n) is 14.9. The molecule has 0 amide bonds. The maximum atomic E-state index is 2.49. The molecular formula is C52H29N. The Morgan fingerprint density at radius 3 is 0.906 bits per heavy atom. The summed E-state index contributed by atoms with van der Waals surface area (Å²) in [6.45, 7) is 0. The lowest BCUT2D eigenvalue weighted by molar-refractivity contribution is 1.18. The largest absolute Gasteiger partial charge is 0.309 e. The fourth-order valence-corrected chi connectivity index (χ4v) is 9.80. The molecule has 1 heterocycles. The van der Waals surface area contributed by atoms with Gasteiger partial charge in [-0.2, -0.15) is 0 Å². The van der Waals surface area contributed by atoms with Crippen LogP contribution in [0.3, 0.4) is 0 Å². The van der Waals surface area contributed by atoms with Gasteiger partial charge in [0.2, 0.25) is 0 Å². The lowest BCUT2D eigenvalue weighted by atomic mass is 9.90. The third-order valence-electron chi connectivity index (χ3n) is 12.1. The number of para-hydroxylation sites is 1. The SMILES string of the molecule is c1ccc(-n2c3cc(-c4cc5ccc6cccc7ccc(c4)c5c67)cc4ccc5cc(-c6cc7ccc8cccc9ccc(c6)c7c89)cc2c5c43)cc1. The predicted octanol–water partition coefficient (Wildman–Crippen LogP) is 14.5. The molecule has 12 aromatic carbocycles. The van der Waals surface area contributed by atoms with Crippen LogP contribution in [0.25, 0.3) is 125 Å². The molecule has 1 nitrogen and oxygen atoms in total. The fourth-order valence-electron chi connectivity index (χ4n) is 9.80. The first-order valence-corrected chi connectivity index (χ1v) is 18.5. The highest BCUT2D eigenvalue weighted by Crippen LogP contribution is 2.45. The van der Waals surface area contributed by atoms with Crippen LogP contribution in [0.15, 0.2) is 176 Å². The van der Waals surface area contributed by atoms with Crippen molar-refractivity contribution in [3.63, 3.8) is 0 Å². The normalized spacial score (nSPS) is 12.5. The van der Waals surface area contributed by atoms with Crippen molar-refractivity contribution in [3.8, 4) is 27.9 Å². The molecule has 13 rings (SSSR count). The molecular weight excluding hydrogens is 639 g/mol. The standard InChI is InChI=1S/C52H29N/c1-2-10-44(11-3-1)53-45-28-42(40-22-34-16-12-30-6-4-7-31-13-17-35(23-40)49(34)47(30)31)26-38-20-21-39-27-43(29-46(53)52(39)51(38)45)41-24-36-18-14-32-8-5-9-33-15-19-37(25-41)50(36)48(32)33/h1-29H. The Morgan fingerprint density at radius 1 is 0.226 bits per heavy atom. The van der Waals surface area contributed by atoms with Crippen LogP contribution in [0.5, 0.6) is 0 Å². The van der Waals surface area contributed by atoms with Crippen LogP contribution < -0.4 is 0 Å². The van der Waals surface area contributed by atoms with Crippen LogP contribution >= 0.6 is 0 Å². The maximum absolute atomic E-state index is 2.49. The van der Waals surface area contributed by atoms with Crippen LogP contribution in [0, 0.1) is 0 Å². The Bertz CT molecular complexity index is 3260. The van der Waals surface area contributed by atoms with Crippen molar-refractivity contribution in [2.24, 2.45) is 0 Å². The summed E-state index contributed by atoms with van der Waals surface area (Å²) >= 11 is 0. The van der Waals surface area contributed by atoms with Gasteiger partial charge in [0.25, 0.3) is 0 Å². The summed E-state index contributed by atoms with van der Waals surface area (Å²) in [7, 11) is 0. The number of aromatic nitrogens is 1. The van der Waals surface area contributed by atoms with Crippen molar-refractivity contribution in [2.45, 2.75) is 0 Å². The molecule has 0 aliphatic rings. The molecule has 0 radical (unpaired) electrons. The van der Waals surface area contributed by atoms with E-state index in [-0.39, 0.29) is 0 Å². The minimum Gasteiger partial charge on any atom is -0.309 e. The third kappa shape index (κ3) is 3.71. The number of rotatable bonds is 3. The molecule has 0 saturated carbocycles. The van der Waals surface area contributed by atoms with Gasteiger partial charge < -0.3 is 4.57 Å². The van der Waals surface area contributed by atoms with Gasteiger partial charge in [-0.3, -0.25) is 0 Å². The highest BCUT2D eigenvalue weighted by molar-refractivity contribution is 6.28. The molecule has 0 aliphatic carbocycles. The molecule has 0 bridgehead atoms. The van der Waals surface area contributed by atoms with Crippen molar-refractivity contribution in [3.05, 3.63) is 176 Å². The highest BCUT2D eigenvalue weighted by atomic mass is 15.0. The van der Waals surface area contributed by atoms with Crippen LogP contribution in [-0.2, 0) is 0 Å². The van der Waals surface area contributed by atoms with E-state index in [1.165, 1.54) is 125 Å². The Balaban J connectivity index is 1.08. The predicted molar refractivity (Wildman–Crippen MR) is 228 cm³/mol. The first-order valence-electron chi connectivity index (χ1n) is 18.5. The van der Waals surface area contributed by atoms with E-state index in [0.717, 1.165) is 0 Å². The van der Waals surface area contributed by atoms with Crippen molar-refractivity contribution in [2.75, 3.05) is 0 Å². The van der Waals surface area contributed by atoms with Crippen LogP contribution in [-0.4, -0.2) is 4.57 Å². The molecule has 0 N–H and O–H groups in total. The van der Waals surface area contributed by atoms with E-state index in [1.807, 2.05) is 0 Å². The Labute approximate surface area is 304 Å². The maximum Gasteiger partial charge on any atom is 0.0553 e. The molecule has 242 valence electrons. The molecule has 1 heteroatoms. The molecule has 13 aromatic rings. The number of hydrogen-bond acceptors (Lipinski definition) is 0. The lowest BCUT2D eigenvalue weighted by Crippen LogP contribution is -1.94. The van der Waals surface area contributed by atoms with Crippen LogP contribution in [0.1, 0.15) is 0 Å². The third-order valence-corrected chi connectivity index (χ3v) is 12.1. The summed E-state index contributed by atoms with van der Waals surface area (Å²) < 4.78 is 2.49. The second-order valence-corrected chi connectivity index (χ2v) is 14.9. The summed E-state index contributed by atoms with van der Waals surface area (Å²) in [5.74, 6) is 0. The van der Waals surface area contributed by atoms with E-state index in [4.69, 9.17) is 0 Å². The molecule has 0 fully saturated rings. The number of hydrogen-bond donors (Lipinski definition) is 0. The van der Waals surface area contributed by atoms with Crippen molar-refractivity contribution in [1.82, 2.24) is 4.57 Å². The molecule has 53 heavy (non-hydrogen) atoms. The van der Waals surface area contributed by atoms with Gasteiger partial charge in [0, 0.05) is 16.5 Å². The van der Waals surface area contributed by atoms with E-state index >= 15 is 0 Å². The Kier molecular flexibility index (Phi) is 5.17. The number of benzene rings is 12. The molecule has 0 aliphatic heterocycles. The monoisotopic (exact) mass is 667 g/mol. The Hall–Kier alpha value is -6.96. The molecule has 0 unspecified atom stereocenters. The van der Waals surface area contributed by atoms with Gasteiger partial charge in [-0.15, -0.1) is 0 Å². The average Bonchev–Trinajstić information content (AvgIpc) is 3.55. The van der Waals surface area contributed by atoms with E-state index in [0.29, 0.717) is 0 Å². The zero-order valence-corrected chi connectivity index (χ0v) is 28.7. The van der Waals surface area contributed by atoms with Gasteiger partial charge in [-0.05, 0) is 158 Å². The minimum atomic E-state index is 1.17. The van der Waals surface area contributed by atoms with E-state index in [1.54, 1.807) is 0 Å². The van der Waals surface area contributed by atoms with E-state index in [9.17, 15) is 0 Å². The Morgan fingerprint density at radius 2 is 0.528 bits per heavy atom. The summed E-state index contributed by atoms with van der Waals surface area (Å²) in [6.07, 6.45) is 0. The first kappa shape index (κ1) is 27.7. The fraction of sp³-hybridized carbons (Fsp3) is 0. The highest BCUT2D eigenvalue weighted by Gasteiger charge is 2.21. The van der Waals surface area contributed by atoms with Gasteiger partial charge in [-0.25, -0.2) is 0 Å². The number of nitrogens with zero attached hydrogens (tertiary/aromatic N) is 1. The first-order chi connectivity index (χ1) is 26.2. The smallest absolute Gasteiger partial charge is 0.0553 e. The summed E-state index contributed by atoms with van der Waals surface area (Å²) in [6, 6.07) is 66.3. The van der Waals surface area contributed by atoms with Gasteiger partial charge in [-0.1, -0.05) is 115 Å². The zero-order valence-electron chi connectivity index (χ0n) is 28.7. The minimum absolute atomic E-state index is 1.17. The zero-order chi connectivity index (χ0) is 34.4. The van der Waals surface area contributed by atoms with Gasteiger partial charge in [0.1, 0.15) is 0 Å². The quantitative estimate of drug-likeness (QED) is 0.165. The van der Waals surface area contributed by atoms with Crippen LogP contribution in [0.2, 0.25) is 0 Å². The van der Waals surface area contributed by atoms with E-state index in [2.05, 4.69) is 180 Å². The van der Waals surface area contributed by atoms with Gasteiger partial charge >= 0.3 is 0 Å².